The quantitative estimate of drug-likeness (QED) is 0.867. The van der Waals surface area contributed by atoms with Crippen molar-refractivity contribution in [3.63, 3.8) is 0 Å². The number of nitrogens with zero attached hydrogens (tertiary/aromatic N) is 3. The number of halogens is 1. The molecule has 1 aromatic heterocycles. The second-order valence-electron chi connectivity index (χ2n) is 5.84. The summed E-state index contributed by atoms with van der Waals surface area (Å²) in [6.45, 7) is 1.46. The first kappa shape index (κ1) is 15.9. The molecular formula is C17H20ClN3O2. The molecule has 2 heterocycles. The standard InChI is InChI=1S/C17H20ClN3O2/c1-20-9-7-19-16(20)13-4-3-8-21(11-13)17(22)12-5-6-15(23-2)14(18)10-12/h5-7,9-10,13H,3-4,8,11H2,1-2H3/t13-/m0/s1. The Balaban J connectivity index is 1.77. The number of aromatic nitrogens is 2. The van der Waals surface area contributed by atoms with E-state index in [2.05, 4.69) is 4.98 Å². The number of imidazole rings is 1. The van der Waals surface area contributed by atoms with Gasteiger partial charge >= 0.3 is 0 Å². The van der Waals surface area contributed by atoms with Crippen molar-refractivity contribution in [3.8, 4) is 5.75 Å². The van der Waals surface area contributed by atoms with Crippen molar-refractivity contribution >= 4 is 17.5 Å². The Morgan fingerprint density at radius 1 is 1.43 bits per heavy atom. The normalized spacial score (nSPS) is 18.0. The number of aryl methyl sites for hydroxylation is 1. The Kier molecular flexibility index (Phi) is 4.57. The highest BCUT2D eigenvalue weighted by molar-refractivity contribution is 6.32. The molecule has 0 N–H and O–H groups in total. The van der Waals surface area contributed by atoms with Gasteiger partial charge in [-0.2, -0.15) is 0 Å². The van der Waals surface area contributed by atoms with Gasteiger partial charge in [0, 0.05) is 44.0 Å². The van der Waals surface area contributed by atoms with Crippen LogP contribution in [-0.2, 0) is 7.05 Å². The van der Waals surface area contributed by atoms with Crippen LogP contribution in [0.2, 0.25) is 5.02 Å². The first-order valence-corrected chi connectivity index (χ1v) is 8.08. The van der Waals surface area contributed by atoms with Gasteiger partial charge in [-0.1, -0.05) is 11.6 Å². The maximum absolute atomic E-state index is 12.8. The Morgan fingerprint density at radius 2 is 2.26 bits per heavy atom. The molecule has 1 saturated heterocycles. The second-order valence-corrected chi connectivity index (χ2v) is 6.24. The number of carbonyl (C=O) groups excluding carboxylic acids is 1. The number of hydrogen-bond donors (Lipinski definition) is 0. The number of rotatable bonds is 3. The highest BCUT2D eigenvalue weighted by Gasteiger charge is 2.27. The molecule has 1 aliphatic rings. The van der Waals surface area contributed by atoms with E-state index in [0.29, 0.717) is 22.9 Å². The van der Waals surface area contributed by atoms with Crippen molar-refractivity contribution in [2.75, 3.05) is 20.2 Å². The number of methoxy groups -OCH3 is 1. The minimum absolute atomic E-state index is 0.00784. The minimum Gasteiger partial charge on any atom is -0.495 e. The van der Waals surface area contributed by atoms with E-state index < -0.39 is 0 Å². The lowest BCUT2D eigenvalue weighted by Gasteiger charge is -2.32. The van der Waals surface area contributed by atoms with Gasteiger partial charge in [0.25, 0.3) is 5.91 Å². The second kappa shape index (κ2) is 6.62. The van der Waals surface area contributed by atoms with Crippen LogP contribution in [0.25, 0.3) is 0 Å². The number of carbonyl (C=O) groups is 1. The number of ether oxygens (including phenoxy) is 1. The van der Waals surface area contributed by atoms with Crippen LogP contribution in [0, 0.1) is 0 Å². The molecule has 0 unspecified atom stereocenters. The van der Waals surface area contributed by atoms with Crippen LogP contribution < -0.4 is 4.74 Å². The van der Waals surface area contributed by atoms with E-state index in [1.54, 1.807) is 31.5 Å². The maximum atomic E-state index is 12.8. The summed E-state index contributed by atoms with van der Waals surface area (Å²) in [4.78, 5) is 19.1. The summed E-state index contributed by atoms with van der Waals surface area (Å²) in [5.41, 5.74) is 0.594. The molecule has 0 saturated carbocycles. The van der Waals surface area contributed by atoms with E-state index in [0.717, 1.165) is 25.2 Å². The van der Waals surface area contributed by atoms with Gasteiger partial charge in [-0.3, -0.25) is 4.79 Å². The van der Waals surface area contributed by atoms with E-state index in [4.69, 9.17) is 16.3 Å². The number of piperidine rings is 1. The lowest BCUT2D eigenvalue weighted by Crippen LogP contribution is -2.39. The first-order chi connectivity index (χ1) is 11.1. The third-order valence-electron chi connectivity index (χ3n) is 4.33. The van der Waals surface area contributed by atoms with Gasteiger partial charge in [0.05, 0.1) is 12.1 Å². The summed E-state index contributed by atoms with van der Waals surface area (Å²) >= 11 is 6.13. The zero-order valence-electron chi connectivity index (χ0n) is 13.3. The number of amides is 1. The SMILES string of the molecule is COc1ccc(C(=O)N2CCC[C@H](c3nccn3C)C2)cc1Cl. The third kappa shape index (κ3) is 3.20. The van der Waals surface area contributed by atoms with Crippen LogP contribution in [-0.4, -0.2) is 40.6 Å². The lowest BCUT2D eigenvalue weighted by molar-refractivity contribution is 0.0703. The van der Waals surface area contributed by atoms with Crippen LogP contribution >= 0.6 is 11.6 Å². The molecule has 2 aromatic rings. The van der Waals surface area contributed by atoms with Gasteiger partial charge < -0.3 is 14.2 Å². The number of benzene rings is 1. The maximum Gasteiger partial charge on any atom is 0.253 e. The van der Waals surface area contributed by atoms with E-state index in [1.165, 1.54) is 0 Å². The molecular weight excluding hydrogens is 314 g/mol. The average molecular weight is 334 g/mol. The number of hydrogen-bond acceptors (Lipinski definition) is 3. The predicted octanol–water partition coefficient (Wildman–Crippen LogP) is 3.10. The zero-order chi connectivity index (χ0) is 16.4. The first-order valence-electron chi connectivity index (χ1n) is 7.70. The van der Waals surface area contributed by atoms with Crippen molar-refractivity contribution in [2.24, 2.45) is 7.05 Å². The summed E-state index contributed by atoms with van der Waals surface area (Å²) in [6, 6.07) is 5.17. The van der Waals surface area contributed by atoms with Gasteiger partial charge in [-0.05, 0) is 31.0 Å². The Bertz CT molecular complexity index is 714. The molecule has 0 radical (unpaired) electrons. The topological polar surface area (TPSA) is 47.4 Å². The van der Waals surface area contributed by atoms with E-state index in [9.17, 15) is 4.79 Å². The highest BCUT2D eigenvalue weighted by atomic mass is 35.5. The monoisotopic (exact) mass is 333 g/mol. The molecule has 3 rings (SSSR count). The molecule has 0 aliphatic carbocycles. The van der Waals surface area contributed by atoms with E-state index >= 15 is 0 Å². The average Bonchev–Trinajstić information content (AvgIpc) is 3.00. The van der Waals surface area contributed by atoms with Crippen molar-refractivity contribution in [3.05, 3.63) is 47.0 Å². The van der Waals surface area contributed by atoms with Gasteiger partial charge in [-0.25, -0.2) is 4.98 Å². The fraction of sp³-hybridized carbons (Fsp3) is 0.412. The van der Waals surface area contributed by atoms with Crippen LogP contribution in [0.15, 0.2) is 30.6 Å². The molecule has 0 spiro atoms. The summed E-state index contributed by atoms with van der Waals surface area (Å²) in [5, 5.41) is 0.455. The van der Waals surface area contributed by atoms with E-state index in [-0.39, 0.29) is 11.8 Å². The van der Waals surface area contributed by atoms with E-state index in [1.807, 2.05) is 22.7 Å². The Labute approximate surface area is 140 Å². The Hall–Kier alpha value is -2.01. The van der Waals surface area contributed by atoms with Crippen LogP contribution in [0.4, 0.5) is 0 Å². The largest absolute Gasteiger partial charge is 0.495 e. The van der Waals surface area contributed by atoms with Crippen molar-refractivity contribution in [1.82, 2.24) is 14.5 Å². The van der Waals surface area contributed by atoms with Gasteiger partial charge in [-0.15, -0.1) is 0 Å². The third-order valence-corrected chi connectivity index (χ3v) is 4.63. The summed E-state index contributed by atoms with van der Waals surface area (Å²) in [6.07, 6.45) is 5.78. The van der Waals surface area contributed by atoms with Gasteiger partial charge in [0.2, 0.25) is 0 Å². The summed E-state index contributed by atoms with van der Waals surface area (Å²) in [7, 11) is 3.55. The lowest BCUT2D eigenvalue weighted by atomic mass is 9.96. The fourth-order valence-corrected chi connectivity index (χ4v) is 3.38. The van der Waals surface area contributed by atoms with Gasteiger partial charge in [0.1, 0.15) is 11.6 Å². The van der Waals surface area contributed by atoms with Crippen molar-refractivity contribution < 1.29 is 9.53 Å². The predicted molar refractivity (Wildman–Crippen MR) is 89.1 cm³/mol. The molecule has 1 aliphatic heterocycles. The molecule has 1 atom stereocenters. The van der Waals surface area contributed by atoms with Crippen LogP contribution in [0.5, 0.6) is 5.75 Å². The molecule has 6 heteroatoms. The molecule has 122 valence electrons. The minimum atomic E-state index is 0.00784. The van der Waals surface area contributed by atoms with Crippen LogP contribution in [0.1, 0.15) is 34.9 Å². The molecule has 23 heavy (non-hydrogen) atoms. The zero-order valence-corrected chi connectivity index (χ0v) is 14.1. The molecule has 1 amide bonds. The smallest absolute Gasteiger partial charge is 0.253 e. The van der Waals surface area contributed by atoms with Crippen LogP contribution in [0.3, 0.4) is 0 Å². The summed E-state index contributed by atoms with van der Waals surface area (Å²) in [5.74, 6) is 1.90. The molecule has 1 fully saturated rings. The molecule has 1 aromatic carbocycles. The molecule has 0 bridgehead atoms. The molecule has 5 nitrogen and oxygen atoms in total. The highest BCUT2D eigenvalue weighted by Crippen LogP contribution is 2.29. The van der Waals surface area contributed by atoms with Gasteiger partial charge in [0.15, 0.2) is 0 Å². The van der Waals surface area contributed by atoms with Crippen molar-refractivity contribution in [2.45, 2.75) is 18.8 Å². The van der Waals surface area contributed by atoms with Crippen molar-refractivity contribution in [1.29, 1.82) is 0 Å². The summed E-state index contributed by atoms with van der Waals surface area (Å²) < 4.78 is 7.17. The number of likely N-dealkylation sites (tertiary alicyclic amines) is 1. The fourth-order valence-electron chi connectivity index (χ4n) is 3.12. The Morgan fingerprint density at radius 3 is 2.91 bits per heavy atom.